The van der Waals surface area contributed by atoms with E-state index >= 15 is 0 Å². The lowest BCUT2D eigenvalue weighted by molar-refractivity contribution is 0.0933. The van der Waals surface area contributed by atoms with Gasteiger partial charge in [-0.2, -0.15) is 0 Å². The third kappa shape index (κ3) is 5.51. The standard InChI is InChI=1S/C14H19N3O2/c1-11(10-19-2)7-17-14(18)13-6-12(4-3-5-15)8-16-9-13/h6,8-9,11H,5,7,10,15H2,1-2H3,(H,17,18). The first-order chi connectivity index (χ1) is 9.17. The topological polar surface area (TPSA) is 77.2 Å². The van der Waals surface area contributed by atoms with Crippen LogP contribution < -0.4 is 11.1 Å². The summed E-state index contributed by atoms with van der Waals surface area (Å²) in [6.07, 6.45) is 3.12. The molecule has 1 aromatic rings. The zero-order chi connectivity index (χ0) is 14.1. The van der Waals surface area contributed by atoms with Gasteiger partial charge in [-0.25, -0.2) is 0 Å². The molecule has 0 radical (unpaired) electrons. The number of carbonyl (C=O) groups is 1. The average molecular weight is 261 g/mol. The monoisotopic (exact) mass is 261 g/mol. The van der Waals surface area contributed by atoms with Crippen molar-refractivity contribution >= 4 is 5.91 Å². The lowest BCUT2D eigenvalue weighted by Gasteiger charge is -2.11. The van der Waals surface area contributed by atoms with E-state index < -0.39 is 0 Å². The van der Waals surface area contributed by atoms with E-state index in [2.05, 4.69) is 22.1 Å². The second-order valence-electron chi connectivity index (χ2n) is 4.24. The third-order valence-electron chi connectivity index (χ3n) is 2.40. The van der Waals surface area contributed by atoms with Gasteiger partial charge in [0, 0.05) is 31.6 Å². The smallest absolute Gasteiger partial charge is 0.252 e. The number of methoxy groups -OCH3 is 1. The molecule has 0 aliphatic heterocycles. The summed E-state index contributed by atoms with van der Waals surface area (Å²) in [7, 11) is 1.64. The van der Waals surface area contributed by atoms with Gasteiger partial charge < -0.3 is 15.8 Å². The Bertz CT molecular complexity index is 477. The molecule has 0 saturated carbocycles. The number of amides is 1. The first kappa shape index (κ1) is 15.2. The Balaban J connectivity index is 2.61. The van der Waals surface area contributed by atoms with Gasteiger partial charge in [0.1, 0.15) is 0 Å². The summed E-state index contributed by atoms with van der Waals surface area (Å²) < 4.78 is 5.01. The molecule has 5 heteroatoms. The van der Waals surface area contributed by atoms with Crippen LogP contribution in [0.4, 0.5) is 0 Å². The van der Waals surface area contributed by atoms with E-state index in [1.807, 2.05) is 6.92 Å². The molecular weight excluding hydrogens is 242 g/mol. The van der Waals surface area contributed by atoms with Crippen molar-refractivity contribution in [3.05, 3.63) is 29.6 Å². The van der Waals surface area contributed by atoms with Crippen molar-refractivity contribution in [2.24, 2.45) is 11.7 Å². The van der Waals surface area contributed by atoms with Crippen molar-refractivity contribution in [2.75, 3.05) is 26.8 Å². The summed E-state index contributed by atoms with van der Waals surface area (Å²) in [5.41, 5.74) is 6.48. The van der Waals surface area contributed by atoms with E-state index in [9.17, 15) is 4.79 Å². The Morgan fingerprint density at radius 1 is 1.58 bits per heavy atom. The molecule has 5 nitrogen and oxygen atoms in total. The lowest BCUT2D eigenvalue weighted by atomic mass is 10.1. The first-order valence-electron chi connectivity index (χ1n) is 6.08. The van der Waals surface area contributed by atoms with Gasteiger partial charge in [0.05, 0.1) is 18.7 Å². The van der Waals surface area contributed by atoms with Crippen molar-refractivity contribution in [3.63, 3.8) is 0 Å². The van der Waals surface area contributed by atoms with Crippen molar-refractivity contribution in [2.45, 2.75) is 6.92 Å². The quantitative estimate of drug-likeness (QED) is 0.752. The SMILES string of the molecule is COCC(C)CNC(=O)c1cncc(C#CCN)c1. The van der Waals surface area contributed by atoms with E-state index in [1.54, 1.807) is 19.4 Å². The highest BCUT2D eigenvalue weighted by Crippen LogP contribution is 2.02. The fourth-order valence-corrected chi connectivity index (χ4v) is 1.50. The molecule has 0 spiro atoms. The minimum atomic E-state index is -0.160. The van der Waals surface area contributed by atoms with E-state index in [0.717, 1.165) is 0 Å². The van der Waals surface area contributed by atoms with Crippen LogP contribution in [0, 0.1) is 17.8 Å². The number of nitrogens with zero attached hydrogens (tertiary/aromatic N) is 1. The highest BCUT2D eigenvalue weighted by molar-refractivity contribution is 5.94. The van der Waals surface area contributed by atoms with E-state index in [1.165, 1.54) is 6.20 Å². The summed E-state index contributed by atoms with van der Waals surface area (Å²) in [5.74, 6) is 5.68. The number of hydrogen-bond donors (Lipinski definition) is 2. The van der Waals surface area contributed by atoms with Crippen molar-refractivity contribution in [1.82, 2.24) is 10.3 Å². The number of nitrogens with one attached hydrogen (secondary N) is 1. The van der Waals surface area contributed by atoms with E-state index in [4.69, 9.17) is 10.5 Å². The van der Waals surface area contributed by atoms with Gasteiger partial charge in [-0.1, -0.05) is 18.8 Å². The molecular formula is C14H19N3O2. The second kappa shape index (κ2) is 8.25. The minimum absolute atomic E-state index is 0.160. The summed E-state index contributed by atoms with van der Waals surface area (Å²) in [4.78, 5) is 15.9. The zero-order valence-electron chi connectivity index (χ0n) is 11.3. The molecule has 0 saturated heterocycles. The van der Waals surface area contributed by atoms with Gasteiger partial charge in [0.2, 0.25) is 0 Å². The average Bonchev–Trinajstić information content (AvgIpc) is 2.43. The molecule has 102 valence electrons. The molecule has 1 aromatic heterocycles. The third-order valence-corrected chi connectivity index (χ3v) is 2.40. The predicted molar refractivity (Wildman–Crippen MR) is 73.5 cm³/mol. The van der Waals surface area contributed by atoms with Crippen LogP contribution in [0.3, 0.4) is 0 Å². The fraction of sp³-hybridized carbons (Fsp3) is 0.429. The van der Waals surface area contributed by atoms with Gasteiger partial charge in [0.15, 0.2) is 0 Å². The Kier molecular flexibility index (Phi) is 6.58. The maximum atomic E-state index is 11.9. The number of ether oxygens (including phenoxy) is 1. The van der Waals surface area contributed by atoms with Crippen molar-refractivity contribution in [1.29, 1.82) is 0 Å². The Morgan fingerprint density at radius 2 is 2.37 bits per heavy atom. The molecule has 1 atom stereocenters. The molecule has 1 unspecified atom stereocenters. The summed E-state index contributed by atoms with van der Waals surface area (Å²) in [5, 5.41) is 2.84. The minimum Gasteiger partial charge on any atom is -0.384 e. The predicted octanol–water partition coefficient (Wildman–Crippen LogP) is 0.404. The zero-order valence-corrected chi connectivity index (χ0v) is 11.3. The highest BCUT2D eigenvalue weighted by atomic mass is 16.5. The Labute approximate surface area is 113 Å². The largest absolute Gasteiger partial charge is 0.384 e. The van der Waals surface area contributed by atoms with Gasteiger partial charge in [-0.05, 0) is 12.0 Å². The van der Waals surface area contributed by atoms with Gasteiger partial charge >= 0.3 is 0 Å². The van der Waals surface area contributed by atoms with Crippen LogP contribution >= 0.6 is 0 Å². The van der Waals surface area contributed by atoms with Crippen LogP contribution in [0.25, 0.3) is 0 Å². The molecule has 0 aliphatic carbocycles. The number of carbonyl (C=O) groups excluding carboxylic acids is 1. The van der Waals surface area contributed by atoms with Crippen LogP contribution in [0.15, 0.2) is 18.5 Å². The van der Waals surface area contributed by atoms with E-state index in [-0.39, 0.29) is 18.4 Å². The molecule has 0 fully saturated rings. The maximum absolute atomic E-state index is 11.9. The first-order valence-corrected chi connectivity index (χ1v) is 6.08. The second-order valence-corrected chi connectivity index (χ2v) is 4.24. The van der Waals surface area contributed by atoms with Crippen LogP contribution in [0.1, 0.15) is 22.8 Å². The van der Waals surface area contributed by atoms with Gasteiger partial charge in [-0.3, -0.25) is 9.78 Å². The number of nitrogens with two attached hydrogens (primary N) is 1. The van der Waals surface area contributed by atoms with Gasteiger partial charge in [-0.15, -0.1) is 0 Å². The normalized spacial score (nSPS) is 11.3. The molecule has 0 bridgehead atoms. The molecule has 1 amide bonds. The summed E-state index contributed by atoms with van der Waals surface area (Å²) >= 11 is 0. The summed E-state index contributed by atoms with van der Waals surface area (Å²) in [6.45, 7) is 3.46. The number of aromatic nitrogens is 1. The molecule has 0 aliphatic rings. The molecule has 1 rings (SSSR count). The number of rotatable bonds is 5. The van der Waals surface area contributed by atoms with Crippen molar-refractivity contribution < 1.29 is 9.53 Å². The molecule has 1 heterocycles. The van der Waals surface area contributed by atoms with Crippen LogP contribution in [0.2, 0.25) is 0 Å². The fourth-order valence-electron chi connectivity index (χ4n) is 1.50. The number of pyridine rings is 1. The molecule has 0 aromatic carbocycles. The Morgan fingerprint density at radius 3 is 3.05 bits per heavy atom. The maximum Gasteiger partial charge on any atom is 0.252 e. The molecule has 3 N–H and O–H groups in total. The van der Waals surface area contributed by atoms with Gasteiger partial charge in [0.25, 0.3) is 5.91 Å². The summed E-state index contributed by atoms with van der Waals surface area (Å²) in [6, 6.07) is 1.70. The lowest BCUT2D eigenvalue weighted by Crippen LogP contribution is -2.30. The Hall–Kier alpha value is -1.90. The van der Waals surface area contributed by atoms with E-state index in [0.29, 0.717) is 24.3 Å². The highest BCUT2D eigenvalue weighted by Gasteiger charge is 2.08. The van der Waals surface area contributed by atoms with Crippen LogP contribution in [-0.4, -0.2) is 37.7 Å². The van der Waals surface area contributed by atoms with Crippen molar-refractivity contribution in [3.8, 4) is 11.8 Å². The molecule has 19 heavy (non-hydrogen) atoms. The van der Waals surface area contributed by atoms with Crippen LogP contribution in [-0.2, 0) is 4.74 Å². The van der Waals surface area contributed by atoms with Crippen LogP contribution in [0.5, 0.6) is 0 Å². The number of hydrogen-bond acceptors (Lipinski definition) is 4.